The molecule has 0 saturated heterocycles. The number of esters is 1. The summed E-state index contributed by atoms with van der Waals surface area (Å²) in [5.74, 6) is -0.908. The summed E-state index contributed by atoms with van der Waals surface area (Å²) in [5.41, 5.74) is 1.31. The number of hydrogen-bond acceptors (Lipinski definition) is 4. The number of carbonyl (C=O) groups is 2. The van der Waals surface area contributed by atoms with Gasteiger partial charge in [0.05, 0.1) is 11.6 Å². The Morgan fingerprint density at radius 2 is 1.95 bits per heavy atom. The second kappa shape index (κ2) is 7.19. The summed E-state index contributed by atoms with van der Waals surface area (Å²) in [7, 11) is 0. The molecule has 0 unspecified atom stereocenters. The molecule has 0 aliphatic carbocycles. The van der Waals surface area contributed by atoms with Crippen molar-refractivity contribution >= 4 is 11.9 Å². The maximum atomic E-state index is 11.8. The summed E-state index contributed by atoms with van der Waals surface area (Å²) in [6.07, 6.45) is 2.96. The van der Waals surface area contributed by atoms with Gasteiger partial charge in [-0.3, -0.25) is 9.78 Å². The molecule has 1 aromatic carbocycles. The van der Waals surface area contributed by atoms with E-state index >= 15 is 0 Å². The SMILES string of the molecule is C[C@@H](NC(=O)COC(=O)c1cccnc1)c1ccccc1. The minimum absolute atomic E-state index is 0.143. The van der Waals surface area contributed by atoms with Crippen LogP contribution >= 0.6 is 0 Å². The van der Waals surface area contributed by atoms with Crippen molar-refractivity contribution in [2.45, 2.75) is 13.0 Å². The number of benzene rings is 1. The van der Waals surface area contributed by atoms with E-state index in [2.05, 4.69) is 10.3 Å². The van der Waals surface area contributed by atoms with Gasteiger partial charge in [0.1, 0.15) is 0 Å². The quantitative estimate of drug-likeness (QED) is 0.854. The number of carbonyl (C=O) groups excluding carboxylic acids is 2. The van der Waals surface area contributed by atoms with Crippen molar-refractivity contribution in [1.29, 1.82) is 0 Å². The van der Waals surface area contributed by atoms with Crippen molar-refractivity contribution in [1.82, 2.24) is 10.3 Å². The van der Waals surface area contributed by atoms with E-state index in [-0.39, 0.29) is 18.6 Å². The van der Waals surface area contributed by atoms with Gasteiger partial charge in [-0.05, 0) is 24.6 Å². The van der Waals surface area contributed by atoms with Crippen molar-refractivity contribution in [3.8, 4) is 0 Å². The Labute approximate surface area is 123 Å². The van der Waals surface area contributed by atoms with Gasteiger partial charge in [0.25, 0.3) is 5.91 Å². The first-order valence-corrected chi connectivity index (χ1v) is 6.58. The second-order valence-electron chi connectivity index (χ2n) is 4.52. The van der Waals surface area contributed by atoms with Crippen LogP contribution in [0.1, 0.15) is 28.9 Å². The van der Waals surface area contributed by atoms with Crippen LogP contribution in [0.3, 0.4) is 0 Å². The van der Waals surface area contributed by atoms with E-state index < -0.39 is 5.97 Å². The average molecular weight is 284 g/mol. The van der Waals surface area contributed by atoms with Gasteiger partial charge in [0.15, 0.2) is 6.61 Å². The molecule has 1 heterocycles. The van der Waals surface area contributed by atoms with Crippen LogP contribution in [-0.4, -0.2) is 23.5 Å². The monoisotopic (exact) mass is 284 g/mol. The number of pyridine rings is 1. The number of aromatic nitrogens is 1. The zero-order valence-electron chi connectivity index (χ0n) is 11.7. The standard InChI is InChI=1S/C16H16N2O3/c1-12(13-6-3-2-4-7-13)18-15(19)11-21-16(20)14-8-5-9-17-10-14/h2-10,12H,11H2,1H3,(H,18,19)/t12-/m1/s1. The number of amides is 1. The third kappa shape index (κ3) is 4.42. The third-order valence-corrected chi connectivity index (χ3v) is 2.91. The van der Waals surface area contributed by atoms with Gasteiger partial charge in [0, 0.05) is 12.4 Å². The molecule has 0 saturated carbocycles. The average Bonchev–Trinajstić information content (AvgIpc) is 2.54. The highest BCUT2D eigenvalue weighted by Gasteiger charge is 2.12. The van der Waals surface area contributed by atoms with Crippen molar-refractivity contribution in [2.24, 2.45) is 0 Å². The number of hydrogen-bond donors (Lipinski definition) is 1. The molecule has 21 heavy (non-hydrogen) atoms. The van der Waals surface area contributed by atoms with Gasteiger partial charge in [0.2, 0.25) is 0 Å². The van der Waals surface area contributed by atoms with E-state index in [9.17, 15) is 9.59 Å². The minimum Gasteiger partial charge on any atom is -0.452 e. The predicted octanol–water partition coefficient (Wildman–Crippen LogP) is 2.12. The normalized spacial score (nSPS) is 11.5. The van der Waals surface area contributed by atoms with Crippen molar-refractivity contribution in [3.63, 3.8) is 0 Å². The highest BCUT2D eigenvalue weighted by molar-refractivity contribution is 5.90. The Bertz CT molecular complexity index is 599. The first-order valence-electron chi connectivity index (χ1n) is 6.58. The largest absolute Gasteiger partial charge is 0.452 e. The smallest absolute Gasteiger partial charge is 0.340 e. The number of nitrogens with one attached hydrogen (secondary N) is 1. The van der Waals surface area contributed by atoms with Crippen LogP contribution in [0.2, 0.25) is 0 Å². The fourth-order valence-corrected chi connectivity index (χ4v) is 1.81. The molecule has 5 heteroatoms. The maximum absolute atomic E-state index is 11.8. The lowest BCUT2D eigenvalue weighted by Crippen LogP contribution is -2.31. The van der Waals surface area contributed by atoms with E-state index in [1.807, 2.05) is 37.3 Å². The van der Waals surface area contributed by atoms with Crippen LogP contribution in [-0.2, 0) is 9.53 Å². The molecule has 1 N–H and O–H groups in total. The molecular formula is C16H16N2O3. The van der Waals surface area contributed by atoms with Gasteiger partial charge in [-0.1, -0.05) is 30.3 Å². The van der Waals surface area contributed by atoms with Crippen LogP contribution in [0.25, 0.3) is 0 Å². The lowest BCUT2D eigenvalue weighted by Gasteiger charge is -2.14. The molecule has 1 amide bonds. The van der Waals surface area contributed by atoms with E-state index in [0.29, 0.717) is 5.56 Å². The Kier molecular flexibility index (Phi) is 5.04. The van der Waals surface area contributed by atoms with Crippen LogP contribution < -0.4 is 5.32 Å². The molecule has 1 atom stereocenters. The molecule has 0 fully saturated rings. The molecule has 2 aromatic rings. The fraction of sp³-hybridized carbons (Fsp3) is 0.188. The molecular weight excluding hydrogens is 268 g/mol. The van der Waals surface area contributed by atoms with Gasteiger partial charge in [-0.25, -0.2) is 4.79 Å². The predicted molar refractivity (Wildman–Crippen MR) is 77.5 cm³/mol. The minimum atomic E-state index is -0.564. The van der Waals surface area contributed by atoms with Crippen LogP contribution in [0.5, 0.6) is 0 Å². The third-order valence-electron chi connectivity index (χ3n) is 2.91. The first kappa shape index (κ1) is 14.7. The Morgan fingerprint density at radius 3 is 2.62 bits per heavy atom. The Morgan fingerprint density at radius 1 is 1.19 bits per heavy atom. The zero-order valence-corrected chi connectivity index (χ0v) is 11.7. The maximum Gasteiger partial charge on any atom is 0.340 e. The van der Waals surface area contributed by atoms with Crippen LogP contribution in [0.4, 0.5) is 0 Å². The molecule has 0 spiro atoms. The second-order valence-corrected chi connectivity index (χ2v) is 4.52. The summed E-state index contributed by atoms with van der Waals surface area (Å²) in [6.45, 7) is 1.56. The lowest BCUT2D eigenvalue weighted by molar-refractivity contribution is -0.124. The van der Waals surface area contributed by atoms with E-state index in [1.54, 1.807) is 18.3 Å². The van der Waals surface area contributed by atoms with Crippen LogP contribution in [0, 0.1) is 0 Å². The van der Waals surface area contributed by atoms with E-state index in [0.717, 1.165) is 5.56 Å². The fourth-order valence-electron chi connectivity index (χ4n) is 1.81. The topological polar surface area (TPSA) is 68.3 Å². The lowest BCUT2D eigenvalue weighted by atomic mass is 10.1. The summed E-state index contributed by atoms with van der Waals surface area (Å²) in [6, 6.07) is 12.6. The summed E-state index contributed by atoms with van der Waals surface area (Å²) in [4.78, 5) is 27.2. The van der Waals surface area contributed by atoms with Crippen LogP contribution in [0.15, 0.2) is 54.9 Å². The molecule has 108 valence electrons. The molecule has 0 bridgehead atoms. The van der Waals surface area contributed by atoms with Gasteiger partial charge in [-0.2, -0.15) is 0 Å². The summed E-state index contributed by atoms with van der Waals surface area (Å²) >= 11 is 0. The van der Waals surface area contributed by atoms with Gasteiger partial charge in [-0.15, -0.1) is 0 Å². The summed E-state index contributed by atoms with van der Waals surface area (Å²) < 4.78 is 4.94. The number of rotatable bonds is 5. The van der Waals surface area contributed by atoms with E-state index in [4.69, 9.17) is 4.74 Å². The van der Waals surface area contributed by atoms with E-state index in [1.165, 1.54) is 6.20 Å². The Hall–Kier alpha value is -2.69. The molecule has 5 nitrogen and oxygen atoms in total. The number of nitrogens with zero attached hydrogens (tertiary/aromatic N) is 1. The molecule has 2 rings (SSSR count). The zero-order chi connectivity index (χ0) is 15.1. The van der Waals surface area contributed by atoms with Gasteiger partial charge >= 0.3 is 5.97 Å². The van der Waals surface area contributed by atoms with Crippen molar-refractivity contribution < 1.29 is 14.3 Å². The first-order chi connectivity index (χ1) is 10.2. The molecule has 0 aliphatic heterocycles. The highest BCUT2D eigenvalue weighted by atomic mass is 16.5. The number of ether oxygens (including phenoxy) is 1. The molecule has 1 aromatic heterocycles. The van der Waals surface area contributed by atoms with Crippen molar-refractivity contribution in [3.05, 3.63) is 66.0 Å². The van der Waals surface area contributed by atoms with Crippen molar-refractivity contribution in [2.75, 3.05) is 6.61 Å². The molecule has 0 radical (unpaired) electrons. The molecule has 0 aliphatic rings. The summed E-state index contributed by atoms with van der Waals surface area (Å²) in [5, 5.41) is 2.77. The highest BCUT2D eigenvalue weighted by Crippen LogP contribution is 2.10. The Balaban J connectivity index is 1.81. The van der Waals surface area contributed by atoms with Gasteiger partial charge < -0.3 is 10.1 Å².